The summed E-state index contributed by atoms with van der Waals surface area (Å²) in [5, 5.41) is 14.3. The van der Waals surface area contributed by atoms with E-state index in [1.807, 2.05) is 0 Å². The Kier molecular flexibility index (Phi) is 5.41. The fourth-order valence-corrected chi connectivity index (χ4v) is 2.40. The highest BCUT2D eigenvalue weighted by Crippen LogP contribution is 2.21. The van der Waals surface area contributed by atoms with Crippen LogP contribution in [-0.2, 0) is 9.53 Å². The molecule has 1 heterocycles. The first kappa shape index (κ1) is 18.1. The normalized spacial score (nSPS) is 11.4. The van der Waals surface area contributed by atoms with E-state index < -0.39 is 23.8 Å². The van der Waals surface area contributed by atoms with Gasteiger partial charge in [-0.25, -0.2) is 9.18 Å². The lowest BCUT2D eigenvalue weighted by atomic mass is 10.1. The summed E-state index contributed by atoms with van der Waals surface area (Å²) in [6.45, 7) is 0. The second kappa shape index (κ2) is 8.09. The van der Waals surface area contributed by atoms with Crippen molar-refractivity contribution >= 4 is 17.6 Å². The van der Waals surface area contributed by atoms with Gasteiger partial charge < -0.3 is 15.3 Å². The Balaban J connectivity index is 1.85. The SMILES string of the molecule is O=C(O[C@@H](C(=O)Nc1ccc(F)cc1)c1ccccc1)c1cccc[n+]1[O-]. The van der Waals surface area contributed by atoms with Gasteiger partial charge in [0.05, 0.1) is 0 Å². The fourth-order valence-electron chi connectivity index (χ4n) is 2.40. The summed E-state index contributed by atoms with van der Waals surface area (Å²) in [7, 11) is 0. The van der Waals surface area contributed by atoms with Gasteiger partial charge in [0.15, 0.2) is 6.20 Å². The molecule has 0 saturated carbocycles. The summed E-state index contributed by atoms with van der Waals surface area (Å²) in [5.74, 6) is -2.01. The third-order valence-corrected chi connectivity index (χ3v) is 3.71. The van der Waals surface area contributed by atoms with Crippen LogP contribution in [0.3, 0.4) is 0 Å². The molecule has 6 nitrogen and oxygen atoms in total. The molecule has 2 aromatic carbocycles. The molecule has 0 bridgehead atoms. The fraction of sp³-hybridized carbons (Fsp3) is 0.0500. The number of nitrogens with zero attached hydrogens (tertiary/aromatic N) is 1. The molecule has 0 saturated heterocycles. The van der Waals surface area contributed by atoms with E-state index in [-0.39, 0.29) is 5.69 Å². The number of pyridine rings is 1. The van der Waals surface area contributed by atoms with Crippen molar-refractivity contribution in [3.63, 3.8) is 0 Å². The third-order valence-electron chi connectivity index (χ3n) is 3.71. The van der Waals surface area contributed by atoms with Gasteiger partial charge in [-0.3, -0.25) is 4.79 Å². The van der Waals surface area contributed by atoms with Crippen LogP contribution in [0.25, 0.3) is 0 Å². The monoisotopic (exact) mass is 366 g/mol. The summed E-state index contributed by atoms with van der Waals surface area (Å²) in [6.07, 6.45) is -0.129. The first-order chi connectivity index (χ1) is 13.0. The van der Waals surface area contributed by atoms with Gasteiger partial charge >= 0.3 is 11.7 Å². The molecule has 0 aliphatic carbocycles. The highest BCUT2D eigenvalue weighted by atomic mass is 19.1. The molecule has 0 fully saturated rings. The molecule has 0 aliphatic heterocycles. The van der Waals surface area contributed by atoms with Gasteiger partial charge in [-0.05, 0) is 30.3 Å². The van der Waals surface area contributed by atoms with Crippen LogP contribution in [0, 0.1) is 11.0 Å². The van der Waals surface area contributed by atoms with Crippen LogP contribution in [0.2, 0.25) is 0 Å². The Labute approximate surface area is 154 Å². The standard InChI is InChI=1S/C20H15FN2O4/c21-15-9-11-16(12-10-15)22-19(24)18(14-6-2-1-3-7-14)27-20(25)17-8-4-5-13-23(17)26/h1-13,18H,(H,22,24)/t18-/m1/s1. The molecule has 1 amide bonds. The molecular weight excluding hydrogens is 351 g/mol. The summed E-state index contributed by atoms with van der Waals surface area (Å²) < 4.78 is 18.7. The van der Waals surface area contributed by atoms with Gasteiger partial charge in [0.1, 0.15) is 5.82 Å². The lowest BCUT2D eigenvalue weighted by Gasteiger charge is -2.17. The molecule has 1 atom stereocenters. The van der Waals surface area contributed by atoms with Gasteiger partial charge in [0.25, 0.3) is 5.91 Å². The van der Waals surface area contributed by atoms with Gasteiger partial charge in [-0.1, -0.05) is 30.3 Å². The minimum Gasteiger partial charge on any atom is -0.618 e. The molecule has 136 valence electrons. The van der Waals surface area contributed by atoms with Crippen molar-refractivity contribution in [2.45, 2.75) is 6.10 Å². The predicted octanol–water partition coefficient (Wildman–Crippen LogP) is 3.00. The van der Waals surface area contributed by atoms with Crippen molar-refractivity contribution in [3.05, 3.63) is 101 Å². The number of hydrogen-bond acceptors (Lipinski definition) is 4. The highest BCUT2D eigenvalue weighted by molar-refractivity contribution is 5.97. The Morgan fingerprint density at radius 1 is 0.963 bits per heavy atom. The summed E-state index contributed by atoms with van der Waals surface area (Å²) in [4.78, 5) is 25.1. The summed E-state index contributed by atoms with van der Waals surface area (Å²) in [5.41, 5.74) is 0.531. The van der Waals surface area contributed by atoms with Gasteiger partial charge in [-0.15, -0.1) is 0 Å². The van der Waals surface area contributed by atoms with Crippen molar-refractivity contribution in [2.75, 3.05) is 5.32 Å². The number of carbonyl (C=O) groups is 2. The average Bonchev–Trinajstić information content (AvgIpc) is 2.68. The Morgan fingerprint density at radius 2 is 1.63 bits per heavy atom. The topological polar surface area (TPSA) is 82.3 Å². The van der Waals surface area contributed by atoms with Crippen molar-refractivity contribution in [1.29, 1.82) is 0 Å². The first-order valence-corrected chi connectivity index (χ1v) is 8.05. The zero-order valence-electron chi connectivity index (χ0n) is 14.0. The smallest absolute Gasteiger partial charge is 0.406 e. The maximum Gasteiger partial charge on any atom is 0.406 e. The second-order valence-electron chi connectivity index (χ2n) is 5.60. The van der Waals surface area contributed by atoms with Crippen molar-refractivity contribution in [1.82, 2.24) is 0 Å². The second-order valence-corrected chi connectivity index (χ2v) is 5.60. The van der Waals surface area contributed by atoms with E-state index >= 15 is 0 Å². The molecule has 0 spiro atoms. The lowest BCUT2D eigenvalue weighted by Crippen LogP contribution is -2.36. The number of ether oxygens (including phenoxy) is 1. The maximum atomic E-state index is 13.0. The third kappa shape index (κ3) is 4.46. The summed E-state index contributed by atoms with van der Waals surface area (Å²) in [6, 6.07) is 17.8. The van der Waals surface area contributed by atoms with Crippen LogP contribution in [0.4, 0.5) is 10.1 Å². The Morgan fingerprint density at radius 3 is 2.30 bits per heavy atom. The molecule has 0 unspecified atom stereocenters. The lowest BCUT2D eigenvalue weighted by molar-refractivity contribution is -0.608. The van der Waals surface area contributed by atoms with Crippen LogP contribution in [0.15, 0.2) is 79.0 Å². The maximum absolute atomic E-state index is 13.0. The quantitative estimate of drug-likeness (QED) is 0.428. The van der Waals surface area contributed by atoms with Crippen LogP contribution in [0.1, 0.15) is 22.2 Å². The van der Waals surface area contributed by atoms with Crippen LogP contribution >= 0.6 is 0 Å². The number of hydrogen-bond donors (Lipinski definition) is 1. The molecule has 0 radical (unpaired) electrons. The first-order valence-electron chi connectivity index (χ1n) is 8.05. The van der Waals surface area contributed by atoms with E-state index in [9.17, 15) is 19.2 Å². The van der Waals surface area contributed by atoms with Crippen LogP contribution in [-0.4, -0.2) is 11.9 Å². The molecule has 0 aliphatic rings. The molecule has 27 heavy (non-hydrogen) atoms. The number of anilines is 1. The highest BCUT2D eigenvalue weighted by Gasteiger charge is 2.28. The minimum absolute atomic E-state index is 0.243. The van der Waals surface area contributed by atoms with Crippen LogP contribution < -0.4 is 10.0 Å². The van der Waals surface area contributed by atoms with E-state index in [4.69, 9.17) is 4.74 Å². The predicted molar refractivity (Wildman–Crippen MR) is 95.0 cm³/mol. The van der Waals surface area contributed by atoms with Crippen molar-refractivity contribution in [3.8, 4) is 0 Å². The van der Waals surface area contributed by atoms with E-state index in [0.29, 0.717) is 16.0 Å². The zero-order chi connectivity index (χ0) is 19.2. The number of aromatic nitrogens is 1. The number of rotatable bonds is 5. The number of benzene rings is 2. The largest absolute Gasteiger partial charge is 0.618 e. The van der Waals surface area contributed by atoms with E-state index in [1.165, 1.54) is 42.5 Å². The number of amides is 1. The van der Waals surface area contributed by atoms with E-state index in [0.717, 1.165) is 6.20 Å². The molecule has 3 aromatic rings. The number of esters is 1. The van der Waals surface area contributed by atoms with E-state index in [1.54, 1.807) is 30.3 Å². The molecule has 1 N–H and O–H groups in total. The number of halogens is 1. The Hall–Kier alpha value is -3.74. The van der Waals surface area contributed by atoms with Crippen LogP contribution in [0.5, 0.6) is 0 Å². The van der Waals surface area contributed by atoms with Gasteiger partial charge in [0, 0.05) is 23.4 Å². The summed E-state index contributed by atoms with van der Waals surface area (Å²) >= 11 is 0. The van der Waals surface area contributed by atoms with Crippen molar-refractivity contribution in [2.24, 2.45) is 0 Å². The van der Waals surface area contributed by atoms with Gasteiger partial charge in [0.2, 0.25) is 6.10 Å². The molecule has 7 heteroatoms. The minimum atomic E-state index is -1.29. The number of carbonyl (C=O) groups excluding carboxylic acids is 2. The zero-order valence-corrected chi connectivity index (χ0v) is 14.0. The van der Waals surface area contributed by atoms with Gasteiger partial charge in [-0.2, -0.15) is 4.73 Å². The Bertz CT molecular complexity index is 946. The molecular formula is C20H15FN2O4. The average molecular weight is 366 g/mol. The van der Waals surface area contributed by atoms with E-state index in [2.05, 4.69) is 5.32 Å². The molecule has 1 aromatic heterocycles. The van der Waals surface area contributed by atoms with Crippen molar-refractivity contribution < 1.29 is 23.4 Å². The molecule has 3 rings (SSSR count). The number of nitrogens with one attached hydrogen (secondary N) is 1.